The predicted octanol–water partition coefficient (Wildman–Crippen LogP) is 4.09. The summed E-state index contributed by atoms with van der Waals surface area (Å²) in [5, 5.41) is 22.7. The van der Waals surface area contributed by atoms with Crippen LogP contribution >= 0.6 is 11.8 Å². The molecule has 0 spiro atoms. The lowest BCUT2D eigenvalue weighted by molar-refractivity contribution is -0.384. The quantitative estimate of drug-likeness (QED) is 0.231. The predicted molar refractivity (Wildman–Crippen MR) is 119 cm³/mol. The van der Waals surface area contributed by atoms with Gasteiger partial charge in [-0.3, -0.25) is 19.5 Å². The normalized spacial score (nSPS) is 10.5. The molecule has 0 unspecified atom stereocenters. The molecule has 0 bridgehead atoms. The van der Waals surface area contributed by atoms with Gasteiger partial charge < -0.3 is 10.1 Å². The smallest absolute Gasteiger partial charge is 0.269 e. The molecular formula is C21H21N5O4S. The number of thioether (sulfide) groups is 1. The summed E-state index contributed by atoms with van der Waals surface area (Å²) in [6, 6.07) is 11.8. The number of rotatable bonds is 9. The van der Waals surface area contributed by atoms with Crippen LogP contribution in [0.15, 0.2) is 60.3 Å². The minimum absolute atomic E-state index is 0.0209. The molecule has 0 aliphatic heterocycles. The van der Waals surface area contributed by atoms with E-state index in [1.54, 1.807) is 20.1 Å². The maximum absolute atomic E-state index is 12.4. The molecule has 10 heteroatoms. The number of aryl methyl sites for hydroxylation is 1. The zero-order valence-corrected chi connectivity index (χ0v) is 17.9. The van der Waals surface area contributed by atoms with Gasteiger partial charge in [-0.15, -0.1) is 16.8 Å². The van der Waals surface area contributed by atoms with Gasteiger partial charge in [-0.1, -0.05) is 30.0 Å². The van der Waals surface area contributed by atoms with Crippen molar-refractivity contribution in [3.63, 3.8) is 0 Å². The molecule has 0 saturated carbocycles. The molecule has 9 nitrogen and oxygen atoms in total. The number of allylic oxidation sites excluding steroid dienone is 1. The Morgan fingerprint density at radius 2 is 2.13 bits per heavy atom. The average molecular weight is 439 g/mol. The second-order valence-corrected chi connectivity index (χ2v) is 7.47. The van der Waals surface area contributed by atoms with E-state index in [0.717, 1.165) is 5.56 Å². The summed E-state index contributed by atoms with van der Waals surface area (Å²) in [5.41, 5.74) is 1.96. The van der Waals surface area contributed by atoms with E-state index in [2.05, 4.69) is 22.1 Å². The number of aromatic nitrogens is 3. The Hall–Kier alpha value is -3.66. The van der Waals surface area contributed by atoms with Crippen LogP contribution in [0.1, 0.15) is 5.56 Å². The van der Waals surface area contributed by atoms with Crippen LogP contribution in [0.25, 0.3) is 11.4 Å². The Bertz CT molecular complexity index is 1130. The topological polar surface area (TPSA) is 112 Å². The van der Waals surface area contributed by atoms with Crippen molar-refractivity contribution in [1.82, 2.24) is 14.8 Å². The van der Waals surface area contributed by atoms with Gasteiger partial charge in [-0.05, 0) is 30.7 Å². The zero-order chi connectivity index (χ0) is 22.4. The first-order valence-electron chi connectivity index (χ1n) is 9.29. The van der Waals surface area contributed by atoms with Crippen molar-refractivity contribution < 1.29 is 14.5 Å². The van der Waals surface area contributed by atoms with Crippen LogP contribution in [0.4, 0.5) is 11.4 Å². The van der Waals surface area contributed by atoms with Gasteiger partial charge in [0.25, 0.3) is 5.69 Å². The summed E-state index contributed by atoms with van der Waals surface area (Å²) in [7, 11) is 1.60. The van der Waals surface area contributed by atoms with Crippen LogP contribution in [0.2, 0.25) is 0 Å². The molecule has 31 heavy (non-hydrogen) atoms. The number of nitro benzene ring substituents is 1. The molecule has 3 aromatic rings. The van der Waals surface area contributed by atoms with Crippen molar-refractivity contribution in [2.75, 3.05) is 18.2 Å². The van der Waals surface area contributed by atoms with Gasteiger partial charge in [0.1, 0.15) is 5.75 Å². The van der Waals surface area contributed by atoms with Gasteiger partial charge in [-0.2, -0.15) is 0 Å². The molecule has 1 heterocycles. The number of carbonyl (C=O) groups excluding carboxylic acids is 1. The Morgan fingerprint density at radius 1 is 1.32 bits per heavy atom. The molecule has 2 aromatic carbocycles. The lowest BCUT2D eigenvalue weighted by Crippen LogP contribution is -2.15. The van der Waals surface area contributed by atoms with Crippen molar-refractivity contribution in [3.8, 4) is 17.1 Å². The fraction of sp³-hybridized carbons (Fsp3) is 0.190. The molecule has 0 atom stereocenters. The Morgan fingerprint density at radius 3 is 2.81 bits per heavy atom. The minimum Gasteiger partial charge on any atom is -0.497 e. The lowest BCUT2D eigenvalue weighted by atomic mass is 10.2. The molecule has 1 aromatic heterocycles. The van der Waals surface area contributed by atoms with Crippen LogP contribution in [0, 0.1) is 17.0 Å². The molecular weight excluding hydrogens is 418 g/mol. The Balaban J connectivity index is 1.72. The van der Waals surface area contributed by atoms with Crippen LogP contribution in [0.5, 0.6) is 5.75 Å². The van der Waals surface area contributed by atoms with Crippen molar-refractivity contribution in [1.29, 1.82) is 0 Å². The maximum Gasteiger partial charge on any atom is 0.269 e. The summed E-state index contributed by atoms with van der Waals surface area (Å²) in [4.78, 5) is 22.8. The monoisotopic (exact) mass is 439 g/mol. The molecule has 0 aliphatic rings. The van der Waals surface area contributed by atoms with E-state index >= 15 is 0 Å². The number of anilines is 1. The van der Waals surface area contributed by atoms with Gasteiger partial charge in [-0.25, -0.2) is 0 Å². The highest BCUT2D eigenvalue weighted by Gasteiger charge is 2.16. The van der Waals surface area contributed by atoms with Crippen molar-refractivity contribution in [3.05, 3.63) is 70.8 Å². The van der Waals surface area contributed by atoms with Crippen molar-refractivity contribution in [2.24, 2.45) is 0 Å². The van der Waals surface area contributed by atoms with E-state index in [4.69, 9.17) is 4.74 Å². The standard InChI is InChI=1S/C21H21N5O4S/c1-4-10-25-20(15-6-5-7-17(12-15)30-3)23-24-21(25)31-13-19(27)22-18-9-8-16(26(28)29)11-14(18)2/h4-9,11-12H,1,10,13H2,2-3H3,(H,22,27). The summed E-state index contributed by atoms with van der Waals surface area (Å²) < 4.78 is 7.15. The third kappa shape index (κ3) is 5.28. The number of amides is 1. The summed E-state index contributed by atoms with van der Waals surface area (Å²) >= 11 is 1.24. The van der Waals surface area contributed by atoms with E-state index in [0.29, 0.717) is 34.5 Å². The first-order valence-corrected chi connectivity index (χ1v) is 10.3. The van der Waals surface area contributed by atoms with E-state index in [1.807, 2.05) is 28.8 Å². The third-order valence-electron chi connectivity index (χ3n) is 4.38. The largest absolute Gasteiger partial charge is 0.497 e. The van der Waals surface area contributed by atoms with E-state index in [-0.39, 0.29) is 17.3 Å². The summed E-state index contributed by atoms with van der Waals surface area (Å²) in [5.74, 6) is 1.20. The average Bonchev–Trinajstić information content (AvgIpc) is 3.16. The molecule has 0 radical (unpaired) electrons. The Labute approximate surface area is 183 Å². The molecule has 3 rings (SSSR count). The van der Waals surface area contributed by atoms with Crippen LogP contribution < -0.4 is 10.1 Å². The zero-order valence-electron chi connectivity index (χ0n) is 17.1. The van der Waals surface area contributed by atoms with Gasteiger partial charge in [0.05, 0.1) is 17.8 Å². The molecule has 160 valence electrons. The number of benzene rings is 2. The van der Waals surface area contributed by atoms with Gasteiger partial charge in [0, 0.05) is 29.9 Å². The first-order chi connectivity index (χ1) is 14.9. The maximum atomic E-state index is 12.4. The number of non-ortho nitro benzene ring substituents is 1. The number of methoxy groups -OCH3 is 1. The summed E-state index contributed by atoms with van der Waals surface area (Å²) in [6.45, 7) is 5.97. The number of hydrogen-bond acceptors (Lipinski definition) is 7. The number of ether oxygens (including phenoxy) is 1. The highest BCUT2D eigenvalue weighted by atomic mass is 32.2. The SMILES string of the molecule is C=CCn1c(SCC(=O)Nc2ccc([N+](=O)[O-])cc2C)nnc1-c1cccc(OC)c1. The molecule has 0 aliphatic carbocycles. The van der Waals surface area contributed by atoms with E-state index in [9.17, 15) is 14.9 Å². The number of nitrogens with one attached hydrogen (secondary N) is 1. The van der Waals surface area contributed by atoms with E-state index in [1.165, 1.54) is 30.0 Å². The van der Waals surface area contributed by atoms with Crippen molar-refractivity contribution >= 4 is 29.0 Å². The lowest BCUT2D eigenvalue weighted by Gasteiger charge is -2.10. The highest BCUT2D eigenvalue weighted by Crippen LogP contribution is 2.27. The fourth-order valence-electron chi connectivity index (χ4n) is 2.88. The second kappa shape index (κ2) is 9.90. The van der Waals surface area contributed by atoms with Crippen LogP contribution in [-0.4, -0.2) is 38.5 Å². The van der Waals surface area contributed by atoms with Gasteiger partial charge in [0.2, 0.25) is 5.91 Å². The minimum atomic E-state index is -0.471. The fourth-order valence-corrected chi connectivity index (χ4v) is 3.63. The number of nitrogens with zero attached hydrogens (tertiary/aromatic N) is 4. The summed E-state index contributed by atoms with van der Waals surface area (Å²) in [6.07, 6.45) is 1.73. The van der Waals surface area contributed by atoms with Gasteiger partial charge in [0.15, 0.2) is 11.0 Å². The van der Waals surface area contributed by atoms with Crippen LogP contribution in [-0.2, 0) is 11.3 Å². The third-order valence-corrected chi connectivity index (χ3v) is 5.35. The second-order valence-electron chi connectivity index (χ2n) is 6.53. The van der Waals surface area contributed by atoms with Crippen LogP contribution in [0.3, 0.4) is 0 Å². The highest BCUT2D eigenvalue weighted by molar-refractivity contribution is 7.99. The number of nitro groups is 1. The first kappa shape index (κ1) is 22.0. The molecule has 0 saturated heterocycles. The van der Waals surface area contributed by atoms with Gasteiger partial charge >= 0.3 is 0 Å². The van der Waals surface area contributed by atoms with Crippen molar-refractivity contribution in [2.45, 2.75) is 18.6 Å². The van der Waals surface area contributed by atoms with E-state index < -0.39 is 4.92 Å². The number of hydrogen-bond donors (Lipinski definition) is 1. The molecule has 1 N–H and O–H groups in total. The Kier molecular flexibility index (Phi) is 7.03. The number of carbonyl (C=O) groups is 1. The molecule has 1 amide bonds. The molecule has 0 fully saturated rings.